The second-order valence-electron chi connectivity index (χ2n) is 6.04. The molecule has 0 bridgehead atoms. The number of fused-ring (bicyclic) bond motifs is 1. The summed E-state index contributed by atoms with van der Waals surface area (Å²) in [4.78, 5) is 17.3. The fourth-order valence-corrected chi connectivity index (χ4v) is 2.72. The van der Waals surface area contributed by atoms with Crippen LogP contribution in [-0.4, -0.2) is 68.2 Å². The smallest absolute Gasteiger partial charge is 0.317 e. The summed E-state index contributed by atoms with van der Waals surface area (Å²) in [6, 6.07) is 6.50. The summed E-state index contributed by atoms with van der Waals surface area (Å²) in [5.41, 5.74) is 3.87. The minimum atomic E-state index is -0.769. The van der Waals surface area contributed by atoms with Crippen molar-refractivity contribution in [3.05, 3.63) is 29.3 Å². The van der Waals surface area contributed by atoms with Crippen LogP contribution in [-0.2, 0) is 17.8 Å². The molecular weight excluding hydrogens is 266 g/mol. The van der Waals surface area contributed by atoms with E-state index in [0.717, 1.165) is 26.1 Å². The van der Waals surface area contributed by atoms with Gasteiger partial charge in [0.25, 0.3) is 0 Å². The quantitative estimate of drug-likeness (QED) is 0.816. The minimum Gasteiger partial charge on any atom is -0.480 e. The lowest BCUT2D eigenvalue weighted by molar-refractivity contribution is -0.138. The molecule has 1 aromatic carbocycles. The Hall–Kier alpha value is -1.59. The molecular formula is C16H25N3O2. The normalized spacial score (nSPS) is 14.0. The molecule has 0 fully saturated rings. The number of likely N-dealkylation sites (N-methyl/N-ethyl adjacent to an activating group) is 2. The Bertz CT molecular complexity index is 502. The zero-order valence-corrected chi connectivity index (χ0v) is 13.2. The maximum absolute atomic E-state index is 11.0. The summed E-state index contributed by atoms with van der Waals surface area (Å²) in [6.45, 7) is 3.47. The Morgan fingerprint density at radius 1 is 1.33 bits per heavy atom. The average Bonchev–Trinajstić information content (AvgIpc) is 2.77. The average molecular weight is 291 g/mol. The van der Waals surface area contributed by atoms with Crippen LogP contribution < -0.4 is 4.90 Å². The second-order valence-corrected chi connectivity index (χ2v) is 6.04. The van der Waals surface area contributed by atoms with Crippen molar-refractivity contribution in [3.8, 4) is 0 Å². The summed E-state index contributed by atoms with van der Waals surface area (Å²) in [5, 5.41) is 9.05. The summed E-state index contributed by atoms with van der Waals surface area (Å²) < 4.78 is 0. The van der Waals surface area contributed by atoms with E-state index < -0.39 is 5.97 Å². The standard InChI is InChI=1S/C16H25N3O2/c1-17(2)8-9-19(12-16(20)21)11-13-4-5-15-14(10-13)6-7-18(15)3/h4-5,10H,6-9,11-12H2,1-3H3,(H,20,21). The number of hydrogen-bond acceptors (Lipinski definition) is 4. The van der Waals surface area contributed by atoms with Gasteiger partial charge in [0.2, 0.25) is 0 Å². The van der Waals surface area contributed by atoms with Crippen LogP contribution in [0.3, 0.4) is 0 Å². The molecule has 1 aromatic rings. The maximum atomic E-state index is 11.0. The van der Waals surface area contributed by atoms with Crippen molar-refractivity contribution >= 4 is 11.7 Å². The summed E-state index contributed by atoms with van der Waals surface area (Å²) in [5.74, 6) is -0.769. The molecule has 0 radical (unpaired) electrons. The molecule has 21 heavy (non-hydrogen) atoms. The molecule has 1 aliphatic rings. The minimum absolute atomic E-state index is 0.0881. The van der Waals surface area contributed by atoms with E-state index in [4.69, 9.17) is 5.11 Å². The van der Waals surface area contributed by atoms with Gasteiger partial charge >= 0.3 is 5.97 Å². The van der Waals surface area contributed by atoms with E-state index in [-0.39, 0.29) is 6.54 Å². The number of hydrogen-bond donors (Lipinski definition) is 1. The number of rotatable bonds is 7. The van der Waals surface area contributed by atoms with Crippen molar-refractivity contribution in [3.63, 3.8) is 0 Å². The lowest BCUT2D eigenvalue weighted by Gasteiger charge is -2.22. The first-order valence-electron chi connectivity index (χ1n) is 7.37. The van der Waals surface area contributed by atoms with Crippen molar-refractivity contribution < 1.29 is 9.90 Å². The molecule has 0 atom stereocenters. The topological polar surface area (TPSA) is 47.0 Å². The summed E-state index contributed by atoms with van der Waals surface area (Å²) >= 11 is 0. The predicted octanol–water partition coefficient (Wildman–Crippen LogP) is 1.13. The highest BCUT2D eigenvalue weighted by Gasteiger charge is 2.17. The summed E-state index contributed by atoms with van der Waals surface area (Å²) in [7, 11) is 6.12. The highest BCUT2D eigenvalue weighted by atomic mass is 16.4. The van der Waals surface area contributed by atoms with Crippen LogP contribution in [0.1, 0.15) is 11.1 Å². The van der Waals surface area contributed by atoms with E-state index in [9.17, 15) is 4.79 Å². The molecule has 1 aliphatic heterocycles. The van der Waals surface area contributed by atoms with Gasteiger partial charge < -0.3 is 14.9 Å². The predicted molar refractivity (Wildman–Crippen MR) is 84.9 cm³/mol. The molecule has 0 saturated heterocycles. The molecule has 5 nitrogen and oxygen atoms in total. The molecule has 0 aromatic heterocycles. The van der Waals surface area contributed by atoms with E-state index in [2.05, 4.69) is 35.0 Å². The van der Waals surface area contributed by atoms with Crippen molar-refractivity contribution in [2.75, 3.05) is 52.2 Å². The van der Waals surface area contributed by atoms with Gasteiger partial charge in [-0.2, -0.15) is 0 Å². The van der Waals surface area contributed by atoms with Crippen molar-refractivity contribution in [1.82, 2.24) is 9.80 Å². The molecule has 116 valence electrons. The summed E-state index contributed by atoms with van der Waals surface area (Å²) in [6.07, 6.45) is 1.08. The van der Waals surface area contributed by atoms with Gasteiger partial charge in [-0.05, 0) is 37.7 Å². The van der Waals surface area contributed by atoms with Gasteiger partial charge in [-0.25, -0.2) is 0 Å². The Balaban J connectivity index is 2.03. The number of aliphatic carboxylic acids is 1. The molecule has 5 heteroatoms. The Labute approximate surface area is 126 Å². The molecule has 0 spiro atoms. The first kappa shape index (κ1) is 15.8. The number of carboxylic acid groups (broad SMARTS) is 1. The van der Waals surface area contributed by atoms with Crippen LogP contribution in [0.15, 0.2) is 18.2 Å². The van der Waals surface area contributed by atoms with E-state index in [0.29, 0.717) is 6.54 Å². The van der Waals surface area contributed by atoms with Gasteiger partial charge in [0.05, 0.1) is 6.54 Å². The van der Waals surface area contributed by atoms with Crippen LogP contribution >= 0.6 is 0 Å². The molecule has 0 amide bonds. The highest BCUT2D eigenvalue weighted by molar-refractivity contribution is 5.69. The number of carbonyl (C=O) groups is 1. The van der Waals surface area contributed by atoms with Gasteiger partial charge in [0, 0.05) is 38.9 Å². The monoisotopic (exact) mass is 291 g/mol. The third kappa shape index (κ3) is 4.44. The van der Waals surface area contributed by atoms with E-state index >= 15 is 0 Å². The highest BCUT2D eigenvalue weighted by Crippen LogP contribution is 2.27. The zero-order chi connectivity index (χ0) is 15.4. The van der Waals surface area contributed by atoms with Gasteiger partial charge in [-0.1, -0.05) is 12.1 Å². The molecule has 1 heterocycles. The number of benzene rings is 1. The molecule has 0 unspecified atom stereocenters. The lowest BCUT2D eigenvalue weighted by Crippen LogP contribution is -2.35. The maximum Gasteiger partial charge on any atom is 0.317 e. The van der Waals surface area contributed by atoms with Crippen molar-refractivity contribution in [2.24, 2.45) is 0 Å². The van der Waals surface area contributed by atoms with Gasteiger partial charge in [0.15, 0.2) is 0 Å². The first-order valence-corrected chi connectivity index (χ1v) is 7.37. The third-order valence-corrected chi connectivity index (χ3v) is 3.90. The number of nitrogens with zero attached hydrogens (tertiary/aromatic N) is 3. The second kappa shape index (κ2) is 6.91. The molecule has 1 N–H and O–H groups in total. The van der Waals surface area contributed by atoms with Crippen LogP contribution in [0.4, 0.5) is 5.69 Å². The fourth-order valence-electron chi connectivity index (χ4n) is 2.72. The van der Waals surface area contributed by atoms with Crippen molar-refractivity contribution in [2.45, 2.75) is 13.0 Å². The zero-order valence-electron chi connectivity index (χ0n) is 13.2. The third-order valence-electron chi connectivity index (χ3n) is 3.90. The fraction of sp³-hybridized carbons (Fsp3) is 0.562. The largest absolute Gasteiger partial charge is 0.480 e. The van der Waals surface area contributed by atoms with Gasteiger partial charge in [0.1, 0.15) is 0 Å². The van der Waals surface area contributed by atoms with E-state index in [1.54, 1.807) is 0 Å². The SMILES string of the molecule is CN(C)CCN(CC(=O)O)Cc1ccc2c(c1)CCN2C. The first-order chi connectivity index (χ1) is 9.95. The molecule has 0 aliphatic carbocycles. The van der Waals surface area contributed by atoms with Crippen LogP contribution in [0.2, 0.25) is 0 Å². The Morgan fingerprint density at radius 2 is 2.10 bits per heavy atom. The Kier molecular flexibility index (Phi) is 5.20. The number of anilines is 1. The lowest BCUT2D eigenvalue weighted by atomic mass is 10.1. The number of carboxylic acids is 1. The van der Waals surface area contributed by atoms with Crippen LogP contribution in [0.25, 0.3) is 0 Å². The van der Waals surface area contributed by atoms with Crippen LogP contribution in [0.5, 0.6) is 0 Å². The van der Waals surface area contributed by atoms with E-state index in [1.807, 2.05) is 19.0 Å². The van der Waals surface area contributed by atoms with Gasteiger partial charge in [-0.15, -0.1) is 0 Å². The van der Waals surface area contributed by atoms with Gasteiger partial charge in [-0.3, -0.25) is 9.69 Å². The van der Waals surface area contributed by atoms with Crippen molar-refractivity contribution in [1.29, 1.82) is 0 Å². The Morgan fingerprint density at radius 3 is 2.76 bits per heavy atom. The molecule has 2 rings (SSSR count). The van der Waals surface area contributed by atoms with Crippen LogP contribution in [0, 0.1) is 0 Å². The van der Waals surface area contributed by atoms with E-state index in [1.165, 1.54) is 16.8 Å². The molecule has 0 saturated carbocycles.